The van der Waals surface area contributed by atoms with Gasteiger partial charge in [0.2, 0.25) is 0 Å². The second-order valence-electron chi connectivity index (χ2n) is 6.11. The molecule has 1 aliphatic rings. The van der Waals surface area contributed by atoms with E-state index in [0.29, 0.717) is 6.10 Å². The highest BCUT2D eigenvalue weighted by Gasteiger charge is 2.29. The van der Waals surface area contributed by atoms with Gasteiger partial charge in [0.1, 0.15) is 11.9 Å². The molecule has 0 radical (unpaired) electrons. The minimum atomic E-state index is 0.00400. The molecular formula is C14H22IN3O. The van der Waals surface area contributed by atoms with E-state index in [2.05, 4.69) is 60.6 Å². The standard InChI is InChI=1S/C14H22IN3O/c1-8-6-7-9(19-8)12-17-11(14(2,3)4)10(15)13(16-5)18-12/h8-9H,6-7H2,1-5H3,(H,16,17,18). The summed E-state index contributed by atoms with van der Waals surface area (Å²) in [6, 6.07) is 0. The molecule has 2 atom stereocenters. The Hall–Kier alpha value is -0.430. The third-order valence-corrected chi connectivity index (χ3v) is 4.36. The number of aromatic nitrogens is 2. The van der Waals surface area contributed by atoms with Crippen molar-refractivity contribution in [2.75, 3.05) is 12.4 Å². The molecule has 0 saturated carbocycles. The van der Waals surface area contributed by atoms with Crippen molar-refractivity contribution in [1.82, 2.24) is 9.97 Å². The smallest absolute Gasteiger partial charge is 0.159 e. The van der Waals surface area contributed by atoms with Crippen LogP contribution in [0.3, 0.4) is 0 Å². The van der Waals surface area contributed by atoms with E-state index in [1.165, 1.54) is 0 Å². The number of hydrogen-bond donors (Lipinski definition) is 1. The second kappa shape index (κ2) is 5.52. The molecule has 1 aromatic rings. The van der Waals surface area contributed by atoms with Crippen LogP contribution in [-0.4, -0.2) is 23.1 Å². The average Bonchev–Trinajstić information content (AvgIpc) is 2.74. The molecule has 0 spiro atoms. The van der Waals surface area contributed by atoms with Gasteiger partial charge in [-0.15, -0.1) is 0 Å². The Balaban J connectivity index is 2.45. The summed E-state index contributed by atoms with van der Waals surface area (Å²) in [5.74, 6) is 1.72. The molecule has 1 saturated heterocycles. The van der Waals surface area contributed by atoms with E-state index >= 15 is 0 Å². The quantitative estimate of drug-likeness (QED) is 0.802. The van der Waals surface area contributed by atoms with Gasteiger partial charge in [0, 0.05) is 12.5 Å². The second-order valence-corrected chi connectivity index (χ2v) is 7.18. The SMILES string of the molecule is CNc1nc(C2CCC(C)O2)nc(C(C)(C)C)c1I. The zero-order chi connectivity index (χ0) is 14.2. The highest BCUT2D eigenvalue weighted by atomic mass is 127. The lowest BCUT2D eigenvalue weighted by Gasteiger charge is -2.23. The number of ether oxygens (including phenoxy) is 1. The monoisotopic (exact) mass is 375 g/mol. The van der Waals surface area contributed by atoms with E-state index in [9.17, 15) is 0 Å². The molecule has 2 rings (SSSR count). The Morgan fingerprint density at radius 2 is 1.95 bits per heavy atom. The summed E-state index contributed by atoms with van der Waals surface area (Å²) in [6.45, 7) is 8.65. The van der Waals surface area contributed by atoms with Gasteiger partial charge in [-0.1, -0.05) is 20.8 Å². The first-order chi connectivity index (χ1) is 8.82. The summed E-state index contributed by atoms with van der Waals surface area (Å²) >= 11 is 2.32. The normalized spacial score (nSPS) is 23.7. The predicted molar refractivity (Wildman–Crippen MR) is 85.5 cm³/mol. The number of rotatable bonds is 2. The van der Waals surface area contributed by atoms with Gasteiger partial charge < -0.3 is 10.1 Å². The Kier molecular flexibility index (Phi) is 4.35. The molecule has 5 heteroatoms. The van der Waals surface area contributed by atoms with Crippen LogP contribution >= 0.6 is 22.6 Å². The molecule has 106 valence electrons. The molecule has 0 bridgehead atoms. The van der Waals surface area contributed by atoms with Crippen LogP contribution in [0.1, 0.15) is 58.2 Å². The van der Waals surface area contributed by atoms with Gasteiger partial charge in [-0.05, 0) is 42.4 Å². The summed E-state index contributed by atoms with van der Waals surface area (Å²) < 4.78 is 7.00. The van der Waals surface area contributed by atoms with Crippen molar-refractivity contribution in [2.24, 2.45) is 0 Å². The number of nitrogens with one attached hydrogen (secondary N) is 1. The van der Waals surface area contributed by atoms with Crippen LogP contribution in [0.4, 0.5) is 5.82 Å². The van der Waals surface area contributed by atoms with Crippen molar-refractivity contribution in [1.29, 1.82) is 0 Å². The van der Waals surface area contributed by atoms with Crippen molar-refractivity contribution < 1.29 is 4.74 Å². The molecule has 0 aromatic carbocycles. The maximum absolute atomic E-state index is 5.90. The zero-order valence-corrected chi connectivity index (χ0v) is 14.4. The zero-order valence-electron chi connectivity index (χ0n) is 12.2. The average molecular weight is 375 g/mol. The molecule has 4 nitrogen and oxygen atoms in total. The first-order valence-corrected chi connectivity index (χ1v) is 7.82. The van der Waals surface area contributed by atoms with Crippen LogP contribution in [0.2, 0.25) is 0 Å². The van der Waals surface area contributed by atoms with Crippen LogP contribution in [0.15, 0.2) is 0 Å². The van der Waals surface area contributed by atoms with Crippen molar-refractivity contribution in [3.63, 3.8) is 0 Å². The van der Waals surface area contributed by atoms with E-state index in [1.54, 1.807) is 0 Å². The Labute approximate surface area is 128 Å². The van der Waals surface area contributed by atoms with E-state index < -0.39 is 0 Å². The van der Waals surface area contributed by atoms with Gasteiger partial charge in [0.25, 0.3) is 0 Å². The Morgan fingerprint density at radius 1 is 1.26 bits per heavy atom. The summed E-state index contributed by atoms with van der Waals surface area (Å²) in [6.07, 6.45) is 2.44. The lowest BCUT2D eigenvalue weighted by molar-refractivity contribution is 0.0501. The van der Waals surface area contributed by atoms with Crippen LogP contribution in [0, 0.1) is 3.57 Å². The molecule has 0 aliphatic carbocycles. The highest BCUT2D eigenvalue weighted by Crippen LogP contribution is 2.35. The van der Waals surface area contributed by atoms with E-state index in [1.807, 2.05) is 7.05 Å². The van der Waals surface area contributed by atoms with Gasteiger partial charge in [0.15, 0.2) is 5.82 Å². The summed E-state index contributed by atoms with van der Waals surface area (Å²) in [5, 5.41) is 3.17. The number of hydrogen-bond acceptors (Lipinski definition) is 4. The third-order valence-electron chi connectivity index (χ3n) is 3.34. The maximum Gasteiger partial charge on any atom is 0.159 e. The van der Waals surface area contributed by atoms with Crippen molar-refractivity contribution in [3.8, 4) is 0 Å². The number of halogens is 1. The van der Waals surface area contributed by atoms with Crippen LogP contribution in [0.5, 0.6) is 0 Å². The minimum Gasteiger partial charge on any atom is -0.372 e. The molecule has 0 amide bonds. The highest BCUT2D eigenvalue weighted by molar-refractivity contribution is 14.1. The lowest BCUT2D eigenvalue weighted by atomic mass is 9.91. The lowest BCUT2D eigenvalue weighted by Crippen LogP contribution is -2.20. The van der Waals surface area contributed by atoms with Crippen molar-refractivity contribution in [3.05, 3.63) is 15.1 Å². The molecular weight excluding hydrogens is 353 g/mol. The fourth-order valence-corrected chi connectivity index (χ4v) is 3.58. The third kappa shape index (κ3) is 3.18. The van der Waals surface area contributed by atoms with Gasteiger partial charge in [-0.25, -0.2) is 9.97 Å². The molecule has 1 fully saturated rings. The van der Waals surface area contributed by atoms with Crippen LogP contribution in [-0.2, 0) is 10.2 Å². The van der Waals surface area contributed by atoms with E-state index in [4.69, 9.17) is 9.72 Å². The summed E-state index contributed by atoms with van der Waals surface area (Å²) in [4.78, 5) is 9.41. The van der Waals surface area contributed by atoms with Gasteiger partial charge in [-0.2, -0.15) is 0 Å². The summed E-state index contributed by atoms with van der Waals surface area (Å²) in [5.41, 5.74) is 1.09. The van der Waals surface area contributed by atoms with Crippen LogP contribution in [0.25, 0.3) is 0 Å². The van der Waals surface area contributed by atoms with Crippen molar-refractivity contribution in [2.45, 2.75) is 58.2 Å². The molecule has 2 unspecified atom stereocenters. The molecule has 1 aromatic heterocycles. The Morgan fingerprint density at radius 3 is 2.42 bits per heavy atom. The molecule has 19 heavy (non-hydrogen) atoms. The molecule has 1 N–H and O–H groups in total. The fourth-order valence-electron chi connectivity index (χ4n) is 2.26. The van der Waals surface area contributed by atoms with Gasteiger partial charge in [-0.3, -0.25) is 0 Å². The molecule has 2 heterocycles. The minimum absolute atomic E-state index is 0.00400. The van der Waals surface area contributed by atoms with Gasteiger partial charge in [0.05, 0.1) is 15.4 Å². The maximum atomic E-state index is 5.90. The van der Waals surface area contributed by atoms with Gasteiger partial charge >= 0.3 is 0 Å². The van der Waals surface area contributed by atoms with Crippen molar-refractivity contribution >= 4 is 28.4 Å². The molecule has 1 aliphatic heterocycles. The Bertz CT molecular complexity index is 470. The first kappa shape index (κ1) is 15.0. The first-order valence-electron chi connectivity index (χ1n) is 6.74. The summed E-state index contributed by atoms with van der Waals surface area (Å²) in [7, 11) is 1.90. The topological polar surface area (TPSA) is 47.0 Å². The van der Waals surface area contributed by atoms with E-state index in [-0.39, 0.29) is 11.5 Å². The number of anilines is 1. The fraction of sp³-hybridized carbons (Fsp3) is 0.714. The predicted octanol–water partition coefficient (Wildman–Crippen LogP) is 3.66. The van der Waals surface area contributed by atoms with E-state index in [0.717, 1.165) is 33.7 Å². The largest absolute Gasteiger partial charge is 0.372 e. The van der Waals surface area contributed by atoms with Crippen LogP contribution < -0.4 is 5.32 Å². The number of nitrogens with zero attached hydrogens (tertiary/aromatic N) is 2.